The van der Waals surface area contributed by atoms with Gasteiger partial charge >= 0.3 is 0 Å². The lowest BCUT2D eigenvalue weighted by Gasteiger charge is -2.04. The summed E-state index contributed by atoms with van der Waals surface area (Å²) in [4.78, 5) is 21.2. The third-order valence-corrected chi connectivity index (χ3v) is 4.83. The summed E-state index contributed by atoms with van der Waals surface area (Å²) in [5.41, 5.74) is 4.53. The first-order valence-electron chi connectivity index (χ1n) is 6.94. The van der Waals surface area contributed by atoms with Gasteiger partial charge in [0.05, 0.1) is 10.4 Å². The average Bonchev–Trinajstić information content (AvgIpc) is 3.27. The molecule has 114 valence electrons. The van der Waals surface area contributed by atoms with Crippen LogP contribution in [0.4, 0.5) is 0 Å². The average molecular weight is 339 g/mol. The highest BCUT2D eigenvalue weighted by Gasteiger charge is 2.09. The summed E-state index contributed by atoms with van der Waals surface area (Å²) >= 11 is 2.91. The van der Waals surface area contributed by atoms with Gasteiger partial charge in [-0.3, -0.25) is 9.78 Å². The molecule has 0 radical (unpaired) electrons. The van der Waals surface area contributed by atoms with Gasteiger partial charge in [-0.1, -0.05) is 24.3 Å². The lowest BCUT2D eigenvalue weighted by Crippen LogP contribution is -2.25. The summed E-state index contributed by atoms with van der Waals surface area (Å²) in [7, 11) is 0. The molecule has 0 fully saturated rings. The van der Waals surface area contributed by atoms with Gasteiger partial charge in [0.1, 0.15) is 5.69 Å². The zero-order valence-corrected chi connectivity index (χ0v) is 13.8. The lowest BCUT2D eigenvalue weighted by atomic mass is 10.1. The molecular weight excluding hydrogens is 326 g/mol. The van der Waals surface area contributed by atoms with E-state index in [-0.39, 0.29) is 5.91 Å². The summed E-state index contributed by atoms with van der Waals surface area (Å²) in [6.07, 6.45) is 7.87. The van der Waals surface area contributed by atoms with E-state index >= 15 is 0 Å². The zero-order chi connectivity index (χ0) is 16.1. The molecule has 3 aromatic rings. The summed E-state index contributed by atoms with van der Waals surface area (Å²) in [5.74, 6) is 2.23. The highest BCUT2D eigenvalue weighted by Crippen LogP contribution is 2.23. The Morgan fingerprint density at radius 3 is 2.74 bits per heavy atom. The van der Waals surface area contributed by atoms with E-state index in [1.807, 2.05) is 11.7 Å². The number of hydrogen-bond donors (Lipinski definition) is 1. The number of nitrogens with one attached hydrogen (secondary N) is 1. The fourth-order valence-corrected chi connectivity index (χ4v) is 3.28. The van der Waals surface area contributed by atoms with E-state index in [0.717, 1.165) is 16.9 Å². The van der Waals surface area contributed by atoms with Crippen LogP contribution in [-0.4, -0.2) is 22.4 Å². The van der Waals surface area contributed by atoms with Crippen LogP contribution >= 0.6 is 22.7 Å². The molecule has 4 nitrogen and oxygen atoms in total. The maximum Gasteiger partial charge on any atom is 0.270 e. The van der Waals surface area contributed by atoms with E-state index in [2.05, 4.69) is 45.5 Å². The van der Waals surface area contributed by atoms with Gasteiger partial charge in [-0.25, -0.2) is 4.98 Å². The number of aromatic nitrogens is 2. The second-order valence-corrected chi connectivity index (χ2v) is 6.50. The summed E-state index contributed by atoms with van der Waals surface area (Å²) < 4.78 is 0. The first-order chi connectivity index (χ1) is 11.3. The van der Waals surface area contributed by atoms with Gasteiger partial charge in [0.15, 0.2) is 5.01 Å². The van der Waals surface area contributed by atoms with Crippen LogP contribution in [0.2, 0.25) is 0 Å². The molecule has 0 saturated carbocycles. The van der Waals surface area contributed by atoms with Gasteiger partial charge in [-0.2, -0.15) is 0 Å². The first kappa shape index (κ1) is 15.4. The molecule has 1 N–H and O–H groups in total. The normalized spacial score (nSPS) is 10.2. The van der Waals surface area contributed by atoms with E-state index in [1.54, 1.807) is 16.7 Å². The van der Waals surface area contributed by atoms with Gasteiger partial charge in [0.2, 0.25) is 0 Å². The number of amides is 1. The Morgan fingerprint density at radius 1 is 1.26 bits per heavy atom. The van der Waals surface area contributed by atoms with Crippen LogP contribution in [0.25, 0.3) is 10.4 Å². The minimum Gasteiger partial charge on any atom is -0.350 e. The summed E-state index contributed by atoms with van der Waals surface area (Å²) in [6, 6.07) is 8.29. The molecule has 6 heteroatoms. The van der Waals surface area contributed by atoms with Crippen molar-refractivity contribution in [3.63, 3.8) is 0 Å². The number of hydrogen-bond acceptors (Lipinski definition) is 5. The highest BCUT2D eigenvalue weighted by atomic mass is 32.1. The molecule has 0 saturated heterocycles. The molecule has 0 spiro atoms. The molecule has 1 amide bonds. The van der Waals surface area contributed by atoms with E-state index in [9.17, 15) is 4.79 Å². The zero-order valence-electron chi connectivity index (χ0n) is 12.2. The predicted molar refractivity (Wildman–Crippen MR) is 93.6 cm³/mol. The van der Waals surface area contributed by atoms with Gasteiger partial charge in [-0.15, -0.1) is 29.1 Å². The second-order valence-electron chi connectivity index (χ2n) is 4.75. The van der Waals surface area contributed by atoms with Crippen molar-refractivity contribution in [3.05, 3.63) is 57.6 Å². The summed E-state index contributed by atoms with van der Waals surface area (Å²) in [5, 5.41) is 5.05. The number of carbonyl (C=O) groups excluding carboxylic acids is 1. The molecule has 2 aromatic heterocycles. The maximum absolute atomic E-state index is 11.9. The van der Waals surface area contributed by atoms with E-state index < -0.39 is 0 Å². The molecule has 3 rings (SSSR count). The molecule has 2 heterocycles. The third-order valence-electron chi connectivity index (χ3n) is 3.23. The van der Waals surface area contributed by atoms with Gasteiger partial charge in [0.25, 0.3) is 5.91 Å². The number of carbonyl (C=O) groups is 1. The Bertz CT molecular complexity index is 830. The maximum atomic E-state index is 11.9. The Kier molecular flexibility index (Phi) is 4.81. The van der Waals surface area contributed by atoms with E-state index in [4.69, 9.17) is 6.42 Å². The molecule has 0 aliphatic rings. The Morgan fingerprint density at radius 2 is 2.09 bits per heavy atom. The number of thiazole rings is 2. The van der Waals surface area contributed by atoms with Crippen molar-refractivity contribution >= 4 is 28.6 Å². The Labute approximate surface area is 142 Å². The van der Waals surface area contributed by atoms with Crippen LogP contribution < -0.4 is 5.32 Å². The van der Waals surface area contributed by atoms with Crippen LogP contribution in [0.5, 0.6) is 0 Å². The van der Waals surface area contributed by atoms with Crippen LogP contribution in [0.15, 0.2) is 41.4 Å². The van der Waals surface area contributed by atoms with Crippen LogP contribution in [0.3, 0.4) is 0 Å². The smallest absolute Gasteiger partial charge is 0.270 e. The molecule has 0 atom stereocenters. The monoisotopic (exact) mass is 339 g/mol. The number of benzene rings is 1. The Balaban J connectivity index is 1.52. The predicted octanol–water partition coefficient (Wildman–Crippen LogP) is 3.22. The van der Waals surface area contributed by atoms with E-state index in [0.29, 0.717) is 17.2 Å². The summed E-state index contributed by atoms with van der Waals surface area (Å²) in [6.45, 7) is 0.557. The van der Waals surface area contributed by atoms with E-state index in [1.165, 1.54) is 16.9 Å². The van der Waals surface area contributed by atoms with Gasteiger partial charge in [0, 0.05) is 18.1 Å². The molecule has 1 aromatic carbocycles. The van der Waals surface area contributed by atoms with Crippen LogP contribution in [-0.2, 0) is 6.42 Å². The minimum absolute atomic E-state index is 0.191. The lowest BCUT2D eigenvalue weighted by molar-refractivity contribution is 0.0950. The first-order valence-corrected chi connectivity index (χ1v) is 8.70. The Hall–Kier alpha value is -2.49. The molecule has 0 aliphatic carbocycles. The second kappa shape index (κ2) is 7.18. The van der Waals surface area contributed by atoms with Crippen LogP contribution in [0, 0.1) is 12.3 Å². The van der Waals surface area contributed by atoms with Crippen molar-refractivity contribution in [2.75, 3.05) is 6.54 Å². The minimum atomic E-state index is -0.191. The van der Waals surface area contributed by atoms with Crippen molar-refractivity contribution in [1.29, 1.82) is 0 Å². The van der Waals surface area contributed by atoms with Gasteiger partial charge in [-0.05, 0) is 23.5 Å². The topological polar surface area (TPSA) is 54.9 Å². The van der Waals surface area contributed by atoms with Crippen molar-refractivity contribution < 1.29 is 4.79 Å². The molecule has 0 aliphatic heterocycles. The molecule has 0 unspecified atom stereocenters. The quantitative estimate of drug-likeness (QED) is 0.726. The van der Waals surface area contributed by atoms with Crippen molar-refractivity contribution in [2.45, 2.75) is 6.42 Å². The third kappa shape index (κ3) is 3.83. The van der Waals surface area contributed by atoms with Crippen molar-refractivity contribution in [2.24, 2.45) is 0 Å². The SMILES string of the molecule is C#Cc1nc(C(=O)NCCc2ccc(-c3cncs3)cc2)cs1. The highest BCUT2D eigenvalue weighted by molar-refractivity contribution is 7.13. The number of nitrogens with zero attached hydrogens (tertiary/aromatic N) is 2. The fraction of sp³-hybridized carbons (Fsp3) is 0.118. The standard InChI is InChI=1S/C17H13N3OS2/c1-2-16-20-14(10-22-16)17(21)19-8-7-12-3-5-13(6-4-12)15-9-18-11-23-15/h1,3-6,9-11H,7-8H2,(H,19,21). The fourth-order valence-electron chi connectivity index (χ4n) is 2.05. The molecule has 23 heavy (non-hydrogen) atoms. The van der Waals surface area contributed by atoms with Crippen molar-refractivity contribution in [3.8, 4) is 22.8 Å². The van der Waals surface area contributed by atoms with Crippen LogP contribution in [0.1, 0.15) is 21.1 Å². The largest absolute Gasteiger partial charge is 0.350 e. The number of rotatable bonds is 5. The molecular formula is C17H13N3OS2. The van der Waals surface area contributed by atoms with Gasteiger partial charge < -0.3 is 5.32 Å². The van der Waals surface area contributed by atoms with Crippen molar-refractivity contribution in [1.82, 2.24) is 15.3 Å². The molecule has 0 bridgehead atoms. The number of terminal acetylenes is 1.